The van der Waals surface area contributed by atoms with Crippen molar-refractivity contribution in [3.63, 3.8) is 0 Å². The molecule has 134 valence electrons. The highest BCUT2D eigenvalue weighted by Crippen LogP contribution is 2.32. The van der Waals surface area contributed by atoms with Crippen LogP contribution in [0.2, 0.25) is 0 Å². The van der Waals surface area contributed by atoms with Gasteiger partial charge in [0.15, 0.2) is 11.1 Å². The standard InChI is InChI=1S/C18H15FN2O4S/c1-11(17(22)23-2)24-12-7-9-13(10-8-12)25-18-21-20-16(26-18)14-5-3-4-6-15(14)19/h3-11H,1-2H3. The van der Waals surface area contributed by atoms with Crippen molar-refractivity contribution < 1.29 is 23.4 Å². The van der Waals surface area contributed by atoms with Gasteiger partial charge in [-0.1, -0.05) is 28.6 Å². The van der Waals surface area contributed by atoms with E-state index in [9.17, 15) is 9.18 Å². The van der Waals surface area contributed by atoms with Crippen molar-refractivity contribution in [1.82, 2.24) is 10.2 Å². The van der Waals surface area contributed by atoms with E-state index in [-0.39, 0.29) is 5.82 Å². The third-order valence-electron chi connectivity index (χ3n) is 3.39. The van der Waals surface area contributed by atoms with E-state index in [1.54, 1.807) is 49.4 Å². The normalized spacial score (nSPS) is 11.7. The number of hydrogen-bond donors (Lipinski definition) is 0. The molecule has 0 radical (unpaired) electrons. The summed E-state index contributed by atoms with van der Waals surface area (Å²) in [5.41, 5.74) is 0.375. The van der Waals surface area contributed by atoms with Crippen LogP contribution in [-0.4, -0.2) is 29.4 Å². The first-order valence-electron chi connectivity index (χ1n) is 7.67. The van der Waals surface area contributed by atoms with E-state index in [1.165, 1.54) is 13.2 Å². The molecule has 1 heterocycles. The molecule has 0 saturated carbocycles. The molecule has 0 bridgehead atoms. The SMILES string of the molecule is COC(=O)C(C)Oc1ccc(Oc2nnc(-c3ccccc3F)s2)cc1. The summed E-state index contributed by atoms with van der Waals surface area (Å²) in [4.78, 5) is 11.4. The fourth-order valence-corrected chi connectivity index (χ4v) is 2.84. The second-order valence-electron chi connectivity index (χ2n) is 5.21. The largest absolute Gasteiger partial charge is 0.479 e. The van der Waals surface area contributed by atoms with E-state index < -0.39 is 12.1 Å². The van der Waals surface area contributed by atoms with Gasteiger partial charge in [-0.25, -0.2) is 9.18 Å². The van der Waals surface area contributed by atoms with Crippen molar-refractivity contribution in [2.45, 2.75) is 13.0 Å². The Kier molecular flexibility index (Phi) is 5.43. The zero-order valence-corrected chi connectivity index (χ0v) is 14.8. The molecule has 3 aromatic rings. The molecule has 26 heavy (non-hydrogen) atoms. The van der Waals surface area contributed by atoms with Gasteiger partial charge in [-0.15, -0.1) is 5.10 Å². The fourth-order valence-electron chi connectivity index (χ4n) is 2.10. The minimum absolute atomic E-state index is 0.292. The number of ether oxygens (including phenoxy) is 3. The quantitative estimate of drug-likeness (QED) is 0.606. The summed E-state index contributed by atoms with van der Waals surface area (Å²) in [6.45, 7) is 1.60. The molecule has 8 heteroatoms. The number of halogens is 1. The number of hydrogen-bond acceptors (Lipinski definition) is 7. The molecule has 0 saturated heterocycles. The van der Waals surface area contributed by atoms with Crippen molar-refractivity contribution in [1.29, 1.82) is 0 Å². The van der Waals surface area contributed by atoms with E-state index in [2.05, 4.69) is 14.9 Å². The first kappa shape index (κ1) is 17.8. The highest BCUT2D eigenvalue weighted by molar-refractivity contribution is 7.16. The minimum Gasteiger partial charge on any atom is -0.479 e. The summed E-state index contributed by atoms with van der Waals surface area (Å²) >= 11 is 1.14. The number of methoxy groups -OCH3 is 1. The van der Waals surface area contributed by atoms with E-state index in [0.29, 0.717) is 27.3 Å². The number of carbonyl (C=O) groups is 1. The molecule has 0 N–H and O–H groups in total. The highest BCUT2D eigenvalue weighted by atomic mass is 32.1. The van der Waals surface area contributed by atoms with Gasteiger partial charge in [0, 0.05) is 5.56 Å². The van der Waals surface area contributed by atoms with Crippen molar-refractivity contribution in [2.24, 2.45) is 0 Å². The molecule has 3 rings (SSSR count). The summed E-state index contributed by atoms with van der Waals surface area (Å²) < 4.78 is 29.5. The maximum atomic E-state index is 13.8. The van der Waals surface area contributed by atoms with E-state index in [4.69, 9.17) is 9.47 Å². The summed E-state index contributed by atoms with van der Waals surface area (Å²) in [6, 6.07) is 13.0. The molecule has 0 aliphatic rings. The van der Waals surface area contributed by atoms with Gasteiger partial charge in [0.1, 0.15) is 17.3 Å². The minimum atomic E-state index is -0.710. The average molecular weight is 374 g/mol. The molecule has 0 fully saturated rings. The van der Waals surface area contributed by atoms with Crippen LogP contribution >= 0.6 is 11.3 Å². The molecular weight excluding hydrogens is 359 g/mol. The predicted octanol–water partition coefficient (Wildman–Crippen LogP) is 4.08. The fraction of sp³-hybridized carbons (Fsp3) is 0.167. The van der Waals surface area contributed by atoms with Crippen molar-refractivity contribution in [3.8, 4) is 27.3 Å². The number of carbonyl (C=O) groups excluding carboxylic acids is 1. The number of rotatable bonds is 6. The van der Waals surface area contributed by atoms with Crippen molar-refractivity contribution in [3.05, 3.63) is 54.3 Å². The molecule has 0 aliphatic carbocycles. The summed E-state index contributed by atoms with van der Waals surface area (Å²) in [6.07, 6.45) is -0.710. The third kappa shape index (κ3) is 4.15. The van der Waals surface area contributed by atoms with Gasteiger partial charge >= 0.3 is 5.97 Å². The molecule has 1 atom stereocenters. The monoisotopic (exact) mass is 374 g/mol. The van der Waals surface area contributed by atoms with Crippen LogP contribution in [0, 0.1) is 5.82 Å². The number of benzene rings is 2. The lowest BCUT2D eigenvalue weighted by Gasteiger charge is -2.12. The van der Waals surface area contributed by atoms with Crippen LogP contribution in [0.25, 0.3) is 10.6 Å². The van der Waals surface area contributed by atoms with Gasteiger partial charge in [-0.3, -0.25) is 0 Å². The first-order chi connectivity index (χ1) is 12.6. The molecule has 0 spiro atoms. The van der Waals surface area contributed by atoms with Crippen LogP contribution in [0.3, 0.4) is 0 Å². The maximum absolute atomic E-state index is 13.8. The van der Waals surface area contributed by atoms with Gasteiger partial charge < -0.3 is 14.2 Å². The Bertz CT molecular complexity index is 898. The Morgan fingerprint density at radius 1 is 1.08 bits per heavy atom. The summed E-state index contributed by atoms with van der Waals surface area (Å²) in [7, 11) is 1.30. The number of nitrogens with zero attached hydrogens (tertiary/aromatic N) is 2. The van der Waals surface area contributed by atoms with Gasteiger partial charge in [0.25, 0.3) is 5.19 Å². The van der Waals surface area contributed by atoms with Crippen molar-refractivity contribution in [2.75, 3.05) is 7.11 Å². The van der Waals surface area contributed by atoms with Gasteiger partial charge in [0.2, 0.25) is 0 Å². The smallest absolute Gasteiger partial charge is 0.346 e. The first-order valence-corrected chi connectivity index (χ1v) is 8.49. The Morgan fingerprint density at radius 3 is 2.46 bits per heavy atom. The number of aromatic nitrogens is 2. The molecule has 1 aromatic heterocycles. The average Bonchev–Trinajstić information content (AvgIpc) is 3.11. The molecule has 0 amide bonds. The Labute approximate surface area is 153 Å². The predicted molar refractivity (Wildman–Crippen MR) is 93.9 cm³/mol. The van der Waals surface area contributed by atoms with E-state index >= 15 is 0 Å². The Morgan fingerprint density at radius 2 is 1.77 bits per heavy atom. The summed E-state index contributed by atoms with van der Waals surface area (Å²) in [5.74, 6) is 0.190. The highest BCUT2D eigenvalue weighted by Gasteiger charge is 2.15. The van der Waals surface area contributed by atoms with Crippen molar-refractivity contribution >= 4 is 17.3 Å². The van der Waals surface area contributed by atoms with Crippen LogP contribution in [0.4, 0.5) is 4.39 Å². The zero-order valence-electron chi connectivity index (χ0n) is 14.0. The second-order valence-corrected chi connectivity index (χ2v) is 6.15. The lowest BCUT2D eigenvalue weighted by Crippen LogP contribution is -2.24. The van der Waals surface area contributed by atoms with Crippen LogP contribution in [-0.2, 0) is 9.53 Å². The van der Waals surface area contributed by atoms with Crippen LogP contribution in [0.1, 0.15) is 6.92 Å². The van der Waals surface area contributed by atoms with Crippen LogP contribution in [0.15, 0.2) is 48.5 Å². The zero-order chi connectivity index (χ0) is 18.5. The Hall–Kier alpha value is -3.00. The number of esters is 1. The molecular formula is C18H15FN2O4S. The van der Waals surface area contributed by atoms with E-state index in [1.807, 2.05) is 0 Å². The third-order valence-corrected chi connectivity index (χ3v) is 4.22. The molecule has 2 aromatic carbocycles. The molecule has 0 aliphatic heterocycles. The second kappa shape index (κ2) is 7.92. The molecule has 1 unspecified atom stereocenters. The summed E-state index contributed by atoms with van der Waals surface area (Å²) in [5, 5.41) is 8.60. The van der Waals surface area contributed by atoms with Crippen LogP contribution in [0.5, 0.6) is 16.7 Å². The Balaban J connectivity index is 1.67. The van der Waals surface area contributed by atoms with Gasteiger partial charge in [-0.05, 0) is 43.3 Å². The van der Waals surface area contributed by atoms with Crippen LogP contribution < -0.4 is 9.47 Å². The topological polar surface area (TPSA) is 70.5 Å². The lowest BCUT2D eigenvalue weighted by molar-refractivity contribution is -0.147. The maximum Gasteiger partial charge on any atom is 0.346 e. The van der Waals surface area contributed by atoms with Gasteiger partial charge in [-0.2, -0.15) is 0 Å². The lowest BCUT2D eigenvalue weighted by atomic mass is 10.2. The van der Waals surface area contributed by atoms with Gasteiger partial charge in [0.05, 0.1) is 7.11 Å². The molecule has 6 nitrogen and oxygen atoms in total. The van der Waals surface area contributed by atoms with E-state index in [0.717, 1.165) is 11.3 Å².